The Morgan fingerprint density at radius 1 is 1.07 bits per heavy atom. The number of carboxylic acid groups (broad SMARTS) is 1. The first kappa shape index (κ1) is 32.8. The van der Waals surface area contributed by atoms with Crippen molar-refractivity contribution in [3.05, 3.63) is 65.0 Å². The Balaban J connectivity index is 1.42. The second-order valence-corrected chi connectivity index (χ2v) is 12.8. The molecular formula is C33H45FN6O5. The van der Waals surface area contributed by atoms with Gasteiger partial charge in [-0.05, 0) is 62.1 Å². The molecule has 0 spiro atoms. The second-order valence-electron chi connectivity index (χ2n) is 12.8. The molecule has 11 nitrogen and oxygen atoms in total. The minimum Gasteiger partial charge on any atom is -0.465 e. The predicted molar refractivity (Wildman–Crippen MR) is 169 cm³/mol. The number of benzene rings is 2. The van der Waals surface area contributed by atoms with E-state index >= 15 is 0 Å². The summed E-state index contributed by atoms with van der Waals surface area (Å²) in [5, 5.41) is 12.8. The van der Waals surface area contributed by atoms with Crippen LogP contribution in [0.1, 0.15) is 37.5 Å². The highest BCUT2D eigenvalue weighted by Crippen LogP contribution is 2.42. The number of nitrogens with two attached hydrogens (primary N) is 1. The first-order valence-electron chi connectivity index (χ1n) is 15.7. The average molecular weight is 625 g/mol. The van der Waals surface area contributed by atoms with Gasteiger partial charge < -0.3 is 30.7 Å². The average Bonchev–Trinajstić information content (AvgIpc) is 3.32. The number of fused-ring (bicyclic) bond motifs is 1. The van der Waals surface area contributed by atoms with Crippen LogP contribution in [0.3, 0.4) is 0 Å². The molecule has 5 rings (SSSR count). The van der Waals surface area contributed by atoms with Crippen molar-refractivity contribution in [3.8, 4) is 0 Å². The summed E-state index contributed by atoms with van der Waals surface area (Å²) in [5.41, 5.74) is 8.00. The Morgan fingerprint density at radius 2 is 1.80 bits per heavy atom. The summed E-state index contributed by atoms with van der Waals surface area (Å²) in [7, 11) is 0. The SMILES string of the molecule is C[C@@H]1COCCN1C[C@H]1CN(C(=O)O)[C@H](C)CN1CC(=O)N1CC(C)(C(=O)NCCN)c2ccc(Cc3ccc(F)cc3)cc21. The molecule has 4 atom stereocenters. The van der Waals surface area contributed by atoms with E-state index in [0.29, 0.717) is 58.0 Å². The lowest BCUT2D eigenvalue weighted by Gasteiger charge is -2.47. The maximum absolute atomic E-state index is 14.3. The van der Waals surface area contributed by atoms with E-state index in [2.05, 4.69) is 22.0 Å². The van der Waals surface area contributed by atoms with Gasteiger partial charge in [0.15, 0.2) is 0 Å². The highest BCUT2D eigenvalue weighted by atomic mass is 19.1. The summed E-state index contributed by atoms with van der Waals surface area (Å²) in [6.07, 6.45) is -0.421. The molecule has 1 unspecified atom stereocenters. The van der Waals surface area contributed by atoms with Crippen molar-refractivity contribution in [2.75, 3.05) is 70.5 Å². The zero-order valence-electron chi connectivity index (χ0n) is 26.4. The molecule has 0 aromatic heterocycles. The van der Waals surface area contributed by atoms with Gasteiger partial charge in [-0.1, -0.05) is 24.3 Å². The van der Waals surface area contributed by atoms with Crippen LogP contribution in [0.5, 0.6) is 0 Å². The number of ether oxygens (including phenoxy) is 1. The lowest BCUT2D eigenvalue weighted by Crippen LogP contribution is -2.64. The lowest BCUT2D eigenvalue weighted by atomic mass is 9.83. The molecule has 45 heavy (non-hydrogen) atoms. The van der Waals surface area contributed by atoms with Gasteiger partial charge in [-0.25, -0.2) is 9.18 Å². The van der Waals surface area contributed by atoms with E-state index in [1.807, 2.05) is 32.0 Å². The van der Waals surface area contributed by atoms with Gasteiger partial charge in [0.05, 0.1) is 25.2 Å². The fourth-order valence-electron chi connectivity index (χ4n) is 6.80. The van der Waals surface area contributed by atoms with Crippen LogP contribution in [0.2, 0.25) is 0 Å². The summed E-state index contributed by atoms with van der Waals surface area (Å²) >= 11 is 0. The topological polar surface area (TPSA) is 132 Å². The summed E-state index contributed by atoms with van der Waals surface area (Å²) in [5.74, 6) is -0.649. The van der Waals surface area contributed by atoms with E-state index in [1.54, 1.807) is 17.0 Å². The Labute approximate surface area is 264 Å². The van der Waals surface area contributed by atoms with Crippen LogP contribution < -0.4 is 16.0 Å². The molecule has 3 aliphatic heterocycles. The number of nitrogens with zero attached hydrogens (tertiary/aromatic N) is 4. The van der Waals surface area contributed by atoms with E-state index in [1.165, 1.54) is 17.0 Å². The van der Waals surface area contributed by atoms with Crippen molar-refractivity contribution in [2.24, 2.45) is 5.73 Å². The molecule has 2 saturated heterocycles. The van der Waals surface area contributed by atoms with E-state index < -0.39 is 11.5 Å². The van der Waals surface area contributed by atoms with Gasteiger partial charge in [0, 0.05) is 69.6 Å². The number of rotatable bonds is 9. The number of nitrogens with one attached hydrogen (secondary N) is 1. The minimum atomic E-state index is -0.980. The van der Waals surface area contributed by atoms with Crippen molar-refractivity contribution in [3.63, 3.8) is 0 Å². The van der Waals surface area contributed by atoms with Gasteiger partial charge in [-0.3, -0.25) is 19.4 Å². The molecular weight excluding hydrogens is 579 g/mol. The van der Waals surface area contributed by atoms with Crippen LogP contribution in [-0.4, -0.2) is 121 Å². The third kappa shape index (κ3) is 7.14. The molecule has 244 valence electrons. The number of halogens is 1. The maximum atomic E-state index is 14.3. The lowest BCUT2D eigenvalue weighted by molar-refractivity contribution is -0.126. The first-order chi connectivity index (χ1) is 21.5. The second kappa shape index (κ2) is 13.8. The first-order valence-corrected chi connectivity index (χ1v) is 15.7. The van der Waals surface area contributed by atoms with Crippen LogP contribution in [0.4, 0.5) is 14.9 Å². The van der Waals surface area contributed by atoms with Crippen molar-refractivity contribution in [1.82, 2.24) is 20.0 Å². The minimum absolute atomic E-state index is 0.0866. The quantitative estimate of drug-likeness (QED) is 0.386. The third-order valence-corrected chi connectivity index (χ3v) is 9.46. The molecule has 0 bridgehead atoms. The Bertz CT molecular complexity index is 1390. The molecule has 2 aromatic carbocycles. The van der Waals surface area contributed by atoms with Crippen molar-refractivity contribution < 1.29 is 28.6 Å². The molecule has 4 N–H and O–H groups in total. The summed E-state index contributed by atoms with van der Waals surface area (Å²) in [6, 6.07) is 11.9. The van der Waals surface area contributed by atoms with Crippen molar-refractivity contribution in [1.29, 1.82) is 0 Å². The molecule has 3 amide bonds. The summed E-state index contributed by atoms with van der Waals surface area (Å²) < 4.78 is 19.1. The molecule has 12 heteroatoms. The highest BCUT2D eigenvalue weighted by molar-refractivity contribution is 6.03. The van der Waals surface area contributed by atoms with Gasteiger partial charge in [-0.15, -0.1) is 0 Å². The van der Waals surface area contributed by atoms with Crippen LogP contribution in [0, 0.1) is 5.82 Å². The monoisotopic (exact) mass is 624 g/mol. The summed E-state index contributed by atoms with van der Waals surface area (Å²) in [4.78, 5) is 47.4. The van der Waals surface area contributed by atoms with Gasteiger partial charge in [0.2, 0.25) is 11.8 Å². The van der Waals surface area contributed by atoms with Gasteiger partial charge >= 0.3 is 6.09 Å². The smallest absolute Gasteiger partial charge is 0.407 e. The molecule has 3 heterocycles. The zero-order chi connectivity index (χ0) is 32.3. The molecule has 0 radical (unpaired) electrons. The molecule has 2 fully saturated rings. The number of hydrogen-bond acceptors (Lipinski definition) is 7. The fraction of sp³-hybridized carbons (Fsp3) is 0.545. The number of morpholine rings is 1. The largest absolute Gasteiger partial charge is 0.465 e. The Kier molecular flexibility index (Phi) is 10.1. The van der Waals surface area contributed by atoms with Gasteiger partial charge in [0.1, 0.15) is 5.82 Å². The fourth-order valence-corrected chi connectivity index (χ4v) is 6.80. The summed E-state index contributed by atoms with van der Waals surface area (Å²) in [6.45, 7) is 10.0. The van der Waals surface area contributed by atoms with E-state index in [4.69, 9.17) is 10.5 Å². The molecule has 0 saturated carbocycles. The number of carbonyl (C=O) groups excluding carboxylic acids is 2. The van der Waals surface area contributed by atoms with E-state index in [-0.39, 0.29) is 48.8 Å². The number of amides is 3. The van der Waals surface area contributed by atoms with Crippen molar-refractivity contribution >= 4 is 23.6 Å². The van der Waals surface area contributed by atoms with Crippen molar-refractivity contribution in [2.45, 2.75) is 50.7 Å². The van der Waals surface area contributed by atoms with Crippen LogP contribution >= 0.6 is 0 Å². The maximum Gasteiger partial charge on any atom is 0.407 e. The molecule has 0 aliphatic carbocycles. The van der Waals surface area contributed by atoms with Crippen LogP contribution in [0.25, 0.3) is 0 Å². The molecule has 3 aliphatic rings. The number of anilines is 1. The van der Waals surface area contributed by atoms with E-state index in [0.717, 1.165) is 23.2 Å². The van der Waals surface area contributed by atoms with Gasteiger partial charge in [-0.2, -0.15) is 0 Å². The standard InChI is InChI=1S/C33H45FN6O5/c1-22-16-38(27(18-39(22)32(43)44)17-37-12-13-45-20-23(37)2)19-30(41)40-21-33(3,31(42)36-11-10-35)28-9-6-25(15-29(28)40)14-24-4-7-26(34)8-5-24/h4-9,15,22-23,27H,10-14,16-21,35H2,1-3H3,(H,36,42)(H,43,44)/t22-,23-,27+,33?/m1/s1. The van der Waals surface area contributed by atoms with E-state index in [9.17, 15) is 23.9 Å². The normalized spacial score (nSPS) is 25.7. The number of carbonyl (C=O) groups is 3. The Hall–Kier alpha value is -3.58. The molecule has 2 aromatic rings. The van der Waals surface area contributed by atoms with Crippen LogP contribution in [0.15, 0.2) is 42.5 Å². The van der Waals surface area contributed by atoms with Gasteiger partial charge in [0.25, 0.3) is 0 Å². The zero-order valence-corrected chi connectivity index (χ0v) is 26.4. The third-order valence-electron chi connectivity index (χ3n) is 9.46. The predicted octanol–water partition coefficient (Wildman–Crippen LogP) is 1.87. The Morgan fingerprint density at radius 3 is 2.49 bits per heavy atom. The number of hydrogen-bond donors (Lipinski definition) is 3. The number of piperazine rings is 1. The highest BCUT2D eigenvalue weighted by Gasteiger charge is 2.47. The van der Waals surface area contributed by atoms with Crippen LogP contribution in [-0.2, 0) is 26.2 Å².